The van der Waals surface area contributed by atoms with Crippen LogP contribution < -0.4 is 5.32 Å². The van der Waals surface area contributed by atoms with Crippen LogP contribution in [-0.2, 0) is 14.9 Å². The number of phenolic OH excluding ortho intramolecular Hbond substituents is 1. The highest BCUT2D eigenvalue weighted by Gasteiger charge is 2.22. The molecule has 0 radical (unpaired) electrons. The molecule has 0 saturated heterocycles. The van der Waals surface area contributed by atoms with Crippen LogP contribution in [0.5, 0.6) is 5.75 Å². The first-order chi connectivity index (χ1) is 8.80. The summed E-state index contributed by atoms with van der Waals surface area (Å²) in [6.45, 7) is 1.21. The van der Waals surface area contributed by atoms with Crippen molar-refractivity contribution in [3.8, 4) is 5.75 Å². The Balaban J connectivity index is 2.93. The maximum absolute atomic E-state index is 11.5. The molecule has 1 amide bonds. The maximum atomic E-state index is 11.5. The number of anilines is 1. The van der Waals surface area contributed by atoms with Gasteiger partial charge in [-0.2, -0.15) is 8.42 Å². The number of nitrogens with one attached hydrogen (secondary N) is 1. The maximum Gasteiger partial charge on any atom is 0.297 e. The lowest BCUT2D eigenvalue weighted by molar-refractivity contribution is -0.114. The van der Waals surface area contributed by atoms with Crippen molar-refractivity contribution < 1.29 is 22.9 Å². The average molecular weight is 281 g/mol. The fourth-order valence-electron chi connectivity index (χ4n) is 1.88. The van der Waals surface area contributed by atoms with Crippen LogP contribution in [0, 0.1) is 0 Å². The van der Waals surface area contributed by atoms with Gasteiger partial charge in [0.1, 0.15) is 10.6 Å². The normalized spacial score (nSPS) is 11.5. The van der Waals surface area contributed by atoms with Crippen molar-refractivity contribution in [2.45, 2.75) is 11.8 Å². The van der Waals surface area contributed by atoms with Crippen LogP contribution in [0.3, 0.4) is 0 Å². The molecule has 3 N–H and O–H groups in total. The van der Waals surface area contributed by atoms with Crippen molar-refractivity contribution in [2.75, 3.05) is 5.32 Å². The lowest BCUT2D eigenvalue weighted by Crippen LogP contribution is -2.11. The van der Waals surface area contributed by atoms with Crippen molar-refractivity contribution in [1.29, 1.82) is 0 Å². The molecule has 0 aliphatic carbocycles. The van der Waals surface area contributed by atoms with Crippen LogP contribution in [0.15, 0.2) is 35.2 Å². The average Bonchev–Trinajstić information content (AvgIpc) is 2.27. The number of aromatic hydroxyl groups is 1. The second kappa shape index (κ2) is 4.52. The Morgan fingerprint density at radius 1 is 1.21 bits per heavy atom. The summed E-state index contributed by atoms with van der Waals surface area (Å²) in [4.78, 5) is 10.5. The lowest BCUT2D eigenvalue weighted by Gasteiger charge is -2.11. The predicted molar refractivity (Wildman–Crippen MR) is 69.7 cm³/mol. The SMILES string of the molecule is CC(=O)Nc1ccc2cccc(O)c2c1S(=O)(=O)O. The van der Waals surface area contributed by atoms with E-state index < -0.39 is 20.9 Å². The number of benzene rings is 2. The molecular formula is C12H11NO5S. The molecule has 0 aromatic heterocycles. The van der Waals surface area contributed by atoms with Gasteiger partial charge in [0.25, 0.3) is 10.1 Å². The van der Waals surface area contributed by atoms with Gasteiger partial charge in [0, 0.05) is 12.3 Å². The summed E-state index contributed by atoms with van der Waals surface area (Å²) in [6.07, 6.45) is 0. The molecule has 2 aromatic carbocycles. The molecule has 0 aliphatic rings. The minimum Gasteiger partial charge on any atom is -0.507 e. The summed E-state index contributed by atoms with van der Waals surface area (Å²) >= 11 is 0. The molecule has 0 aliphatic heterocycles. The van der Waals surface area contributed by atoms with E-state index in [1.807, 2.05) is 0 Å². The van der Waals surface area contributed by atoms with E-state index in [2.05, 4.69) is 5.32 Å². The Hall–Kier alpha value is -2.12. The molecule has 0 atom stereocenters. The van der Waals surface area contributed by atoms with Gasteiger partial charge in [-0.3, -0.25) is 9.35 Å². The zero-order chi connectivity index (χ0) is 14.2. The Bertz CT molecular complexity index is 767. The molecule has 100 valence electrons. The standard InChI is InChI=1S/C12H11NO5S/c1-7(14)13-9-6-5-8-3-2-4-10(15)11(8)12(9)19(16,17)18/h2-6,15H,1H3,(H,13,14)(H,16,17,18). The smallest absolute Gasteiger partial charge is 0.297 e. The minimum atomic E-state index is -4.60. The fourth-order valence-corrected chi connectivity index (χ4v) is 2.76. The van der Waals surface area contributed by atoms with Gasteiger partial charge in [-0.15, -0.1) is 0 Å². The van der Waals surface area contributed by atoms with Crippen LogP contribution >= 0.6 is 0 Å². The molecule has 0 unspecified atom stereocenters. The molecule has 7 heteroatoms. The number of carbonyl (C=O) groups excluding carboxylic acids is 1. The van der Waals surface area contributed by atoms with Crippen LogP contribution in [0.25, 0.3) is 10.8 Å². The number of carbonyl (C=O) groups is 1. The molecule has 0 saturated carbocycles. The van der Waals surface area contributed by atoms with E-state index in [9.17, 15) is 22.9 Å². The summed E-state index contributed by atoms with van der Waals surface area (Å²) in [5.41, 5.74) is -0.0796. The molecule has 2 aromatic rings. The Morgan fingerprint density at radius 3 is 2.47 bits per heavy atom. The highest BCUT2D eigenvalue weighted by molar-refractivity contribution is 7.86. The molecule has 0 bridgehead atoms. The number of phenols is 1. The van der Waals surface area contributed by atoms with E-state index in [1.165, 1.54) is 25.1 Å². The summed E-state index contributed by atoms with van der Waals surface area (Å²) in [7, 11) is -4.60. The van der Waals surface area contributed by atoms with E-state index in [1.54, 1.807) is 12.1 Å². The zero-order valence-corrected chi connectivity index (χ0v) is 10.7. The summed E-state index contributed by atoms with van der Waals surface area (Å²) in [6, 6.07) is 7.32. The lowest BCUT2D eigenvalue weighted by atomic mass is 10.1. The van der Waals surface area contributed by atoms with E-state index in [4.69, 9.17) is 0 Å². The van der Waals surface area contributed by atoms with Gasteiger partial charge in [-0.25, -0.2) is 0 Å². The monoisotopic (exact) mass is 281 g/mol. The molecule has 0 heterocycles. The highest BCUT2D eigenvalue weighted by atomic mass is 32.2. The number of fused-ring (bicyclic) bond motifs is 1. The van der Waals surface area contributed by atoms with Crippen LogP contribution in [0.4, 0.5) is 5.69 Å². The van der Waals surface area contributed by atoms with Gasteiger partial charge in [-0.05, 0) is 17.5 Å². The van der Waals surface area contributed by atoms with Crippen LogP contribution in [0.2, 0.25) is 0 Å². The molecule has 0 spiro atoms. The first-order valence-corrected chi connectivity index (χ1v) is 6.74. The van der Waals surface area contributed by atoms with Gasteiger partial charge in [0.05, 0.1) is 5.69 Å². The third kappa shape index (κ3) is 2.51. The molecular weight excluding hydrogens is 270 g/mol. The number of hydrogen-bond donors (Lipinski definition) is 3. The summed E-state index contributed by atoms with van der Waals surface area (Å²) in [5.74, 6) is -0.781. The van der Waals surface area contributed by atoms with E-state index in [0.717, 1.165) is 0 Å². The quantitative estimate of drug-likeness (QED) is 0.727. The molecule has 19 heavy (non-hydrogen) atoms. The second-order valence-corrected chi connectivity index (χ2v) is 5.33. The van der Waals surface area contributed by atoms with Crippen molar-refractivity contribution in [1.82, 2.24) is 0 Å². The highest BCUT2D eigenvalue weighted by Crippen LogP contribution is 2.35. The number of hydrogen-bond acceptors (Lipinski definition) is 4. The molecule has 2 rings (SSSR count). The Morgan fingerprint density at radius 2 is 1.89 bits per heavy atom. The largest absolute Gasteiger partial charge is 0.507 e. The van der Waals surface area contributed by atoms with Crippen LogP contribution in [0.1, 0.15) is 6.92 Å². The zero-order valence-electron chi connectivity index (χ0n) is 9.91. The minimum absolute atomic E-state index is 0.0312. The summed E-state index contributed by atoms with van der Waals surface area (Å²) in [5, 5.41) is 12.5. The third-order valence-electron chi connectivity index (χ3n) is 2.54. The van der Waals surface area contributed by atoms with Gasteiger partial charge in [-0.1, -0.05) is 18.2 Å². The van der Waals surface area contributed by atoms with Gasteiger partial charge in [0.2, 0.25) is 5.91 Å². The second-order valence-electron chi connectivity index (χ2n) is 3.97. The predicted octanol–water partition coefficient (Wildman–Crippen LogP) is 1.75. The summed E-state index contributed by atoms with van der Waals surface area (Å²) < 4.78 is 32.3. The van der Waals surface area contributed by atoms with Crippen molar-refractivity contribution in [2.24, 2.45) is 0 Å². The van der Waals surface area contributed by atoms with Crippen molar-refractivity contribution in [3.63, 3.8) is 0 Å². The van der Waals surface area contributed by atoms with E-state index >= 15 is 0 Å². The first-order valence-electron chi connectivity index (χ1n) is 5.30. The van der Waals surface area contributed by atoms with Crippen molar-refractivity contribution >= 4 is 32.5 Å². The molecule has 0 fully saturated rings. The molecule has 6 nitrogen and oxygen atoms in total. The van der Waals surface area contributed by atoms with E-state index in [-0.39, 0.29) is 16.8 Å². The van der Waals surface area contributed by atoms with Gasteiger partial charge < -0.3 is 10.4 Å². The topological polar surface area (TPSA) is 104 Å². The number of amides is 1. The van der Waals surface area contributed by atoms with Crippen LogP contribution in [-0.4, -0.2) is 24.0 Å². The van der Waals surface area contributed by atoms with Crippen molar-refractivity contribution in [3.05, 3.63) is 30.3 Å². The third-order valence-corrected chi connectivity index (χ3v) is 3.48. The van der Waals surface area contributed by atoms with E-state index in [0.29, 0.717) is 5.39 Å². The number of rotatable bonds is 2. The first kappa shape index (κ1) is 13.3. The Kier molecular flexibility index (Phi) is 3.17. The van der Waals surface area contributed by atoms with Gasteiger partial charge >= 0.3 is 0 Å². The fraction of sp³-hybridized carbons (Fsp3) is 0.0833. The van der Waals surface area contributed by atoms with Gasteiger partial charge in [0.15, 0.2) is 0 Å². The Labute approximate surface area is 109 Å².